The number of anilines is 2. The number of nitriles is 1. The minimum absolute atomic E-state index is 0.0440. The number of hydrogen-bond acceptors (Lipinski definition) is 9. The molecule has 4 heterocycles. The van der Waals surface area contributed by atoms with E-state index in [0.717, 1.165) is 5.56 Å². The molecule has 2 saturated heterocycles. The number of carbonyl (C=O) groups is 2. The lowest BCUT2D eigenvalue weighted by Gasteiger charge is -2.40. The number of benzene rings is 2. The molecule has 2 aromatic carbocycles. The Hall–Kier alpha value is -5.13. The van der Waals surface area contributed by atoms with Gasteiger partial charge in [0.1, 0.15) is 11.7 Å². The van der Waals surface area contributed by atoms with Gasteiger partial charge in [-0.25, -0.2) is 14.4 Å². The van der Waals surface area contributed by atoms with E-state index in [2.05, 4.69) is 20.6 Å². The van der Waals surface area contributed by atoms with E-state index in [0.29, 0.717) is 74.8 Å². The van der Waals surface area contributed by atoms with Gasteiger partial charge in [-0.05, 0) is 68.8 Å². The molecule has 12 nitrogen and oxygen atoms in total. The summed E-state index contributed by atoms with van der Waals surface area (Å²) >= 11 is 0. The average molecular weight is 631 g/mol. The van der Waals surface area contributed by atoms with Crippen LogP contribution in [0.3, 0.4) is 0 Å². The normalized spacial score (nSPS) is 16.2. The highest BCUT2D eigenvalue weighted by atomic mass is 19.2. The molecular formula is C32H32F2N8O4. The smallest absolute Gasteiger partial charge is 0.254 e. The molecule has 3 N–H and O–H groups in total. The molecule has 14 heteroatoms. The fourth-order valence-corrected chi connectivity index (χ4v) is 5.91. The molecule has 238 valence electrons. The quantitative estimate of drug-likeness (QED) is 0.280. The zero-order valence-corrected chi connectivity index (χ0v) is 25.1. The maximum Gasteiger partial charge on any atom is 0.254 e. The van der Waals surface area contributed by atoms with E-state index in [1.54, 1.807) is 38.6 Å². The fourth-order valence-electron chi connectivity index (χ4n) is 5.91. The third-order valence-corrected chi connectivity index (χ3v) is 8.45. The Bertz CT molecular complexity index is 1840. The summed E-state index contributed by atoms with van der Waals surface area (Å²) < 4.78 is 36.1. The number of piperidine rings is 1. The van der Waals surface area contributed by atoms with Crippen LogP contribution in [0.1, 0.15) is 28.8 Å². The van der Waals surface area contributed by atoms with Crippen LogP contribution in [0.4, 0.5) is 20.3 Å². The molecule has 46 heavy (non-hydrogen) atoms. The van der Waals surface area contributed by atoms with Gasteiger partial charge in [-0.15, -0.1) is 0 Å². The van der Waals surface area contributed by atoms with Crippen molar-refractivity contribution in [3.63, 3.8) is 0 Å². The van der Waals surface area contributed by atoms with Gasteiger partial charge < -0.3 is 30.3 Å². The molecule has 0 bridgehead atoms. The lowest BCUT2D eigenvalue weighted by atomic mass is 9.90. The maximum atomic E-state index is 15.0. The number of fused-ring (bicyclic) bond motifs is 1. The Balaban J connectivity index is 1.15. The van der Waals surface area contributed by atoms with E-state index in [1.807, 2.05) is 13.0 Å². The van der Waals surface area contributed by atoms with Crippen molar-refractivity contribution in [2.75, 3.05) is 51.2 Å². The number of ether oxygens (including phenoxy) is 1. The van der Waals surface area contributed by atoms with Gasteiger partial charge in [0.15, 0.2) is 29.6 Å². The SMILES string of the molecule is Cc1cc(Nc2nccn3c(-c4ccc(OCC#N)c(F)c4F)cnc23)ccc1C(=O)N1CCN(C(=O)C2(O)CCNCC2)CC1. The first-order valence-corrected chi connectivity index (χ1v) is 14.9. The molecule has 2 amide bonds. The summed E-state index contributed by atoms with van der Waals surface area (Å²) in [5, 5.41) is 25.8. The summed E-state index contributed by atoms with van der Waals surface area (Å²) in [6.07, 6.45) is 5.24. The number of nitrogens with one attached hydrogen (secondary N) is 2. The highest BCUT2D eigenvalue weighted by Gasteiger charge is 2.41. The van der Waals surface area contributed by atoms with Gasteiger partial charge in [-0.3, -0.25) is 14.0 Å². The monoisotopic (exact) mass is 630 g/mol. The number of hydrogen-bond donors (Lipinski definition) is 3. The molecule has 2 aliphatic rings. The van der Waals surface area contributed by atoms with Crippen LogP contribution in [-0.4, -0.2) is 92.6 Å². The Kier molecular flexibility index (Phi) is 8.53. The second-order valence-electron chi connectivity index (χ2n) is 11.3. The maximum absolute atomic E-state index is 15.0. The Morgan fingerprint density at radius 1 is 1.09 bits per heavy atom. The summed E-state index contributed by atoms with van der Waals surface area (Å²) in [6.45, 7) is 4.05. The molecule has 2 aliphatic heterocycles. The van der Waals surface area contributed by atoms with Crippen molar-refractivity contribution in [1.82, 2.24) is 29.5 Å². The van der Waals surface area contributed by atoms with E-state index >= 15 is 0 Å². The van der Waals surface area contributed by atoms with Gasteiger partial charge in [0.05, 0.1) is 11.9 Å². The van der Waals surface area contributed by atoms with E-state index in [9.17, 15) is 23.5 Å². The zero-order valence-electron chi connectivity index (χ0n) is 25.1. The van der Waals surface area contributed by atoms with Gasteiger partial charge in [-0.1, -0.05) is 0 Å². The van der Waals surface area contributed by atoms with Crippen molar-refractivity contribution >= 4 is 29.0 Å². The van der Waals surface area contributed by atoms with Crippen LogP contribution < -0.4 is 15.4 Å². The number of halogens is 2. The molecule has 0 unspecified atom stereocenters. The van der Waals surface area contributed by atoms with Crippen molar-refractivity contribution in [2.24, 2.45) is 0 Å². The number of aromatic nitrogens is 3. The highest BCUT2D eigenvalue weighted by molar-refractivity contribution is 5.96. The van der Waals surface area contributed by atoms with Crippen LogP contribution in [0.25, 0.3) is 16.9 Å². The van der Waals surface area contributed by atoms with Crippen LogP contribution in [-0.2, 0) is 4.79 Å². The van der Waals surface area contributed by atoms with Gasteiger partial charge in [0, 0.05) is 55.4 Å². The highest BCUT2D eigenvalue weighted by Crippen LogP contribution is 2.32. The molecule has 0 radical (unpaired) electrons. The molecule has 6 rings (SSSR count). The first-order valence-electron chi connectivity index (χ1n) is 14.9. The number of aliphatic hydroxyl groups is 1. The van der Waals surface area contributed by atoms with E-state index in [4.69, 9.17) is 10.00 Å². The van der Waals surface area contributed by atoms with Crippen molar-refractivity contribution < 1.29 is 28.2 Å². The largest absolute Gasteiger partial charge is 0.476 e. The van der Waals surface area contributed by atoms with Crippen LogP contribution in [0.5, 0.6) is 5.75 Å². The number of amides is 2. The summed E-state index contributed by atoms with van der Waals surface area (Å²) in [5.41, 5.74) is 1.15. The van der Waals surface area contributed by atoms with Crippen molar-refractivity contribution in [3.05, 3.63) is 71.7 Å². The molecule has 2 fully saturated rings. The molecular weight excluding hydrogens is 598 g/mol. The summed E-state index contributed by atoms with van der Waals surface area (Å²) in [7, 11) is 0. The lowest BCUT2D eigenvalue weighted by Crippen LogP contribution is -2.59. The average Bonchev–Trinajstić information content (AvgIpc) is 3.50. The van der Waals surface area contributed by atoms with E-state index < -0.39 is 23.8 Å². The second kappa shape index (κ2) is 12.7. The van der Waals surface area contributed by atoms with Gasteiger partial charge >= 0.3 is 0 Å². The van der Waals surface area contributed by atoms with Crippen molar-refractivity contribution in [3.8, 4) is 23.1 Å². The van der Waals surface area contributed by atoms with Crippen molar-refractivity contribution in [1.29, 1.82) is 5.26 Å². The van der Waals surface area contributed by atoms with Crippen LogP contribution in [0, 0.1) is 29.9 Å². The van der Waals surface area contributed by atoms with E-state index in [-0.39, 0.29) is 28.8 Å². The predicted octanol–water partition coefficient (Wildman–Crippen LogP) is 3.03. The number of aryl methyl sites for hydroxylation is 1. The van der Waals surface area contributed by atoms with Crippen LogP contribution in [0.2, 0.25) is 0 Å². The Morgan fingerprint density at radius 2 is 1.83 bits per heavy atom. The van der Waals surface area contributed by atoms with Gasteiger partial charge in [0.2, 0.25) is 5.82 Å². The minimum atomic E-state index is -1.35. The topological polar surface area (TPSA) is 148 Å². The third kappa shape index (κ3) is 5.82. The predicted molar refractivity (Wildman–Crippen MR) is 163 cm³/mol. The molecule has 0 spiro atoms. The second-order valence-corrected chi connectivity index (χ2v) is 11.3. The molecule has 0 saturated carbocycles. The first kappa shape index (κ1) is 30.9. The van der Waals surface area contributed by atoms with Crippen LogP contribution >= 0.6 is 0 Å². The number of rotatable bonds is 7. The number of carbonyl (C=O) groups excluding carboxylic acids is 2. The summed E-state index contributed by atoms with van der Waals surface area (Å²) in [4.78, 5) is 38.5. The van der Waals surface area contributed by atoms with E-state index in [1.165, 1.54) is 24.5 Å². The van der Waals surface area contributed by atoms with Gasteiger partial charge in [-0.2, -0.15) is 9.65 Å². The standard InChI is InChI=1S/C32H32F2N8O4/c1-20-18-21(2-3-22(20)30(43)40-13-15-41(16-14-40)31(44)32(45)6-9-36-10-7-32)39-28-29-38-19-24(42(29)12-11-37-28)23-4-5-25(46-17-8-35)27(34)26(23)33/h2-5,11-12,18-19,36,45H,6-7,9-10,13-17H2,1H3,(H,37,39). The first-order chi connectivity index (χ1) is 22.2. The fraction of sp³-hybridized carbons (Fsp3) is 0.344. The summed E-state index contributed by atoms with van der Waals surface area (Å²) in [5.74, 6) is -2.75. The summed E-state index contributed by atoms with van der Waals surface area (Å²) in [6, 6.07) is 9.61. The Morgan fingerprint density at radius 3 is 2.54 bits per heavy atom. The lowest BCUT2D eigenvalue weighted by molar-refractivity contribution is -0.155. The minimum Gasteiger partial charge on any atom is -0.476 e. The van der Waals surface area contributed by atoms with Crippen LogP contribution in [0.15, 0.2) is 48.9 Å². The third-order valence-electron chi connectivity index (χ3n) is 8.45. The molecule has 2 aromatic heterocycles. The number of nitrogens with zero attached hydrogens (tertiary/aromatic N) is 6. The zero-order chi connectivity index (χ0) is 32.4. The number of imidazole rings is 1. The van der Waals surface area contributed by atoms with Gasteiger partial charge in [0.25, 0.3) is 11.8 Å². The van der Waals surface area contributed by atoms with Crippen molar-refractivity contribution in [2.45, 2.75) is 25.4 Å². The molecule has 4 aromatic rings. The molecule has 0 atom stereocenters. The molecule has 0 aliphatic carbocycles. The Labute approximate surface area is 263 Å². The number of piperazine rings is 1.